The number of methoxy groups -OCH3 is 1. The van der Waals surface area contributed by atoms with Crippen molar-refractivity contribution in [2.45, 2.75) is 38.2 Å². The van der Waals surface area contributed by atoms with Crippen molar-refractivity contribution in [2.75, 3.05) is 19.0 Å². The smallest absolute Gasteiger partial charge is 0.262 e. The first-order valence-electron chi connectivity index (χ1n) is 9.41. The molecule has 0 aliphatic heterocycles. The molecule has 1 N–H and O–H groups in total. The molecule has 0 saturated heterocycles. The van der Waals surface area contributed by atoms with E-state index in [1.165, 1.54) is 12.8 Å². The van der Waals surface area contributed by atoms with Crippen molar-refractivity contribution >= 4 is 11.6 Å². The Labute approximate surface area is 165 Å². The SMILES string of the molecule is COc1ccc(NC(=O)COc2ccc(CC#N)cc2)cc1OC1CCCC1. The predicted molar refractivity (Wildman–Crippen MR) is 106 cm³/mol. The molecule has 1 amide bonds. The fourth-order valence-corrected chi connectivity index (χ4v) is 3.17. The lowest BCUT2D eigenvalue weighted by Crippen LogP contribution is -2.20. The van der Waals surface area contributed by atoms with E-state index in [0.29, 0.717) is 29.4 Å². The van der Waals surface area contributed by atoms with E-state index < -0.39 is 0 Å². The number of benzene rings is 2. The number of nitrogens with one attached hydrogen (secondary N) is 1. The number of hydrogen-bond donors (Lipinski definition) is 1. The van der Waals surface area contributed by atoms with Crippen LogP contribution in [0.3, 0.4) is 0 Å². The fraction of sp³-hybridized carbons (Fsp3) is 0.364. The first kappa shape index (κ1) is 19.6. The van der Waals surface area contributed by atoms with Crippen LogP contribution in [0.1, 0.15) is 31.2 Å². The van der Waals surface area contributed by atoms with E-state index >= 15 is 0 Å². The molecule has 0 aromatic heterocycles. The second-order valence-electron chi connectivity index (χ2n) is 6.71. The third-order valence-electron chi connectivity index (χ3n) is 4.62. The molecule has 2 aromatic carbocycles. The molecular weight excluding hydrogens is 356 g/mol. The number of ether oxygens (including phenoxy) is 3. The second kappa shape index (κ2) is 9.65. The topological polar surface area (TPSA) is 80.6 Å². The van der Waals surface area contributed by atoms with E-state index in [2.05, 4.69) is 11.4 Å². The number of anilines is 1. The summed E-state index contributed by atoms with van der Waals surface area (Å²) in [5, 5.41) is 11.5. The van der Waals surface area contributed by atoms with Crippen LogP contribution in [0.5, 0.6) is 17.2 Å². The molecule has 1 fully saturated rings. The summed E-state index contributed by atoms with van der Waals surface area (Å²) in [5.41, 5.74) is 1.54. The van der Waals surface area contributed by atoms with Crippen LogP contribution in [0.25, 0.3) is 0 Å². The van der Waals surface area contributed by atoms with Crippen molar-refractivity contribution in [3.05, 3.63) is 48.0 Å². The Bertz CT molecular complexity index is 837. The maximum atomic E-state index is 12.2. The summed E-state index contributed by atoms with van der Waals surface area (Å²) in [4.78, 5) is 12.2. The Kier molecular flexibility index (Phi) is 6.74. The quantitative estimate of drug-likeness (QED) is 0.746. The molecule has 0 heterocycles. The molecule has 28 heavy (non-hydrogen) atoms. The molecule has 1 saturated carbocycles. The van der Waals surface area contributed by atoms with Gasteiger partial charge in [-0.3, -0.25) is 4.79 Å². The van der Waals surface area contributed by atoms with Crippen LogP contribution in [-0.4, -0.2) is 25.7 Å². The summed E-state index contributed by atoms with van der Waals surface area (Å²) >= 11 is 0. The van der Waals surface area contributed by atoms with E-state index in [9.17, 15) is 4.79 Å². The van der Waals surface area contributed by atoms with Crippen LogP contribution < -0.4 is 19.5 Å². The van der Waals surface area contributed by atoms with Gasteiger partial charge < -0.3 is 19.5 Å². The maximum absolute atomic E-state index is 12.2. The Hall–Kier alpha value is -3.20. The van der Waals surface area contributed by atoms with Gasteiger partial charge in [-0.05, 0) is 55.5 Å². The van der Waals surface area contributed by atoms with Crippen molar-refractivity contribution in [1.29, 1.82) is 5.26 Å². The summed E-state index contributed by atoms with van der Waals surface area (Å²) in [5.74, 6) is 1.61. The standard InChI is InChI=1S/C22H24N2O4/c1-26-20-11-8-17(14-21(20)28-19-4-2-3-5-19)24-22(25)15-27-18-9-6-16(7-10-18)12-13-23/h6-11,14,19H,2-5,12,15H2,1H3,(H,24,25). The Morgan fingerprint density at radius 2 is 1.89 bits per heavy atom. The summed E-state index contributed by atoms with van der Waals surface area (Å²) < 4.78 is 16.9. The van der Waals surface area contributed by atoms with Crippen molar-refractivity contribution in [3.63, 3.8) is 0 Å². The number of carbonyl (C=O) groups is 1. The Morgan fingerprint density at radius 1 is 1.14 bits per heavy atom. The minimum absolute atomic E-state index is 0.109. The number of amides is 1. The van der Waals surface area contributed by atoms with Gasteiger partial charge in [0.15, 0.2) is 18.1 Å². The van der Waals surface area contributed by atoms with Crippen LogP contribution in [0.15, 0.2) is 42.5 Å². The number of nitrogens with zero attached hydrogens (tertiary/aromatic N) is 1. The number of carbonyl (C=O) groups excluding carboxylic acids is 1. The zero-order valence-electron chi connectivity index (χ0n) is 15.9. The van der Waals surface area contributed by atoms with E-state index in [1.54, 1.807) is 37.4 Å². The highest BCUT2D eigenvalue weighted by Gasteiger charge is 2.19. The first-order valence-corrected chi connectivity index (χ1v) is 9.41. The van der Waals surface area contributed by atoms with E-state index in [4.69, 9.17) is 19.5 Å². The summed E-state index contributed by atoms with van der Waals surface area (Å²) in [7, 11) is 1.60. The van der Waals surface area contributed by atoms with Crippen LogP contribution in [0.2, 0.25) is 0 Å². The Morgan fingerprint density at radius 3 is 2.57 bits per heavy atom. The summed E-state index contributed by atoms with van der Waals surface area (Å²) in [6.45, 7) is -0.109. The number of nitriles is 1. The molecule has 1 aliphatic rings. The van der Waals surface area contributed by atoms with Crippen molar-refractivity contribution in [2.24, 2.45) is 0 Å². The molecule has 0 bridgehead atoms. The maximum Gasteiger partial charge on any atom is 0.262 e. The lowest BCUT2D eigenvalue weighted by Gasteiger charge is -2.17. The van der Waals surface area contributed by atoms with Gasteiger partial charge in [0.2, 0.25) is 0 Å². The Balaban J connectivity index is 1.56. The number of hydrogen-bond acceptors (Lipinski definition) is 5. The third-order valence-corrected chi connectivity index (χ3v) is 4.62. The molecule has 0 atom stereocenters. The van der Waals surface area contributed by atoms with Gasteiger partial charge in [-0.1, -0.05) is 12.1 Å². The van der Waals surface area contributed by atoms with Crippen molar-refractivity contribution < 1.29 is 19.0 Å². The summed E-state index contributed by atoms with van der Waals surface area (Å²) in [6, 6.07) is 14.6. The average Bonchev–Trinajstić information content (AvgIpc) is 3.21. The zero-order valence-corrected chi connectivity index (χ0v) is 15.9. The molecule has 1 aliphatic carbocycles. The fourth-order valence-electron chi connectivity index (χ4n) is 3.17. The molecule has 146 valence electrons. The van der Waals surface area contributed by atoms with Crippen LogP contribution in [0.4, 0.5) is 5.69 Å². The molecule has 0 radical (unpaired) electrons. The molecule has 2 aromatic rings. The largest absolute Gasteiger partial charge is 0.493 e. The third kappa shape index (κ3) is 5.40. The van der Waals surface area contributed by atoms with Gasteiger partial charge in [0, 0.05) is 11.8 Å². The molecule has 0 unspecified atom stereocenters. The minimum atomic E-state index is -0.266. The van der Waals surface area contributed by atoms with E-state index in [1.807, 2.05) is 12.1 Å². The van der Waals surface area contributed by atoms with Crippen LogP contribution in [0, 0.1) is 11.3 Å². The van der Waals surface area contributed by atoms with Crippen LogP contribution in [-0.2, 0) is 11.2 Å². The van der Waals surface area contributed by atoms with Crippen molar-refractivity contribution in [1.82, 2.24) is 0 Å². The van der Waals surface area contributed by atoms with Gasteiger partial charge in [0.05, 0.1) is 25.7 Å². The van der Waals surface area contributed by atoms with E-state index in [0.717, 1.165) is 18.4 Å². The molecule has 6 heteroatoms. The highest BCUT2D eigenvalue weighted by molar-refractivity contribution is 5.92. The molecule has 6 nitrogen and oxygen atoms in total. The minimum Gasteiger partial charge on any atom is -0.493 e. The average molecular weight is 380 g/mol. The highest BCUT2D eigenvalue weighted by atomic mass is 16.5. The number of rotatable bonds is 8. The molecule has 0 spiro atoms. The first-order chi connectivity index (χ1) is 13.7. The normalized spacial score (nSPS) is 13.6. The lowest BCUT2D eigenvalue weighted by molar-refractivity contribution is -0.118. The zero-order chi connectivity index (χ0) is 19.8. The second-order valence-corrected chi connectivity index (χ2v) is 6.71. The van der Waals surface area contributed by atoms with Crippen molar-refractivity contribution in [3.8, 4) is 23.3 Å². The van der Waals surface area contributed by atoms with Gasteiger partial charge in [-0.15, -0.1) is 0 Å². The van der Waals surface area contributed by atoms with Crippen LogP contribution >= 0.6 is 0 Å². The molecule has 3 rings (SSSR count). The van der Waals surface area contributed by atoms with Gasteiger partial charge >= 0.3 is 0 Å². The van der Waals surface area contributed by atoms with Gasteiger partial charge in [0.25, 0.3) is 5.91 Å². The highest BCUT2D eigenvalue weighted by Crippen LogP contribution is 2.33. The van der Waals surface area contributed by atoms with Gasteiger partial charge in [-0.2, -0.15) is 5.26 Å². The lowest BCUT2D eigenvalue weighted by atomic mass is 10.2. The monoisotopic (exact) mass is 380 g/mol. The van der Waals surface area contributed by atoms with Gasteiger partial charge in [0.1, 0.15) is 5.75 Å². The van der Waals surface area contributed by atoms with E-state index in [-0.39, 0.29) is 18.6 Å². The van der Waals surface area contributed by atoms with Gasteiger partial charge in [-0.25, -0.2) is 0 Å². The molecular formula is C22H24N2O4. The predicted octanol–water partition coefficient (Wildman–Crippen LogP) is 4.10. The summed E-state index contributed by atoms with van der Waals surface area (Å²) in [6.07, 6.45) is 4.99.